The van der Waals surface area contributed by atoms with Gasteiger partial charge in [-0.2, -0.15) is 0 Å². The third-order valence-corrected chi connectivity index (χ3v) is 5.36. The molecule has 0 nitrogen and oxygen atoms in total. The average molecular weight is 316 g/mol. The maximum Gasteiger partial charge on any atom is 0.0998 e. The minimum atomic E-state index is -0.713. The SMILES string of the molecule is [Si]C(Cl)(Cl)CCCCCCCCC1CC2C=CC1C2. The van der Waals surface area contributed by atoms with Crippen LogP contribution in [0, 0.1) is 17.8 Å². The van der Waals surface area contributed by atoms with Crippen LogP contribution >= 0.6 is 23.2 Å². The maximum absolute atomic E-state index is 5.87. The van der Waals surface area contributed by atoms with Crippen LogP contribution in [0.5, 0.6) is 0 Å². The van der Waals surface area contributed by atoms with Crippen molar-refractivity contribution < 1.29 is 0 Å². The molecule has 0 saturated heterocycles. The molecule has 0 N–H and O–H groups in total. The standard InChI is InChI=1S/C16H25Cl2Si/c17-16(18,19)10-6-4-2-1-3-5-7-14-11-13-8-9-15(14)12-13/h8-9,13-15H,1-7,10-12H2. The maximum atomic E-state index is 5.87. The minimum Gasteiger partial charge on any atom is -0.107 e. The molecule has 3 heteroatoms. The third kappa shape index (κ3) is 5.81. The van der Waals surface area contributed by atoms with Gasteiger partial charge in [-0.05, 0) is 43.4 Å². The predicted molar refractivity (Wildman–Crippen MR) is 86.0 cm³/mol. The van der Waals surface area contributed by atoms with Gasteiger partial charge >= 0.3 is 0 Å². The Balaban J connectivity index is 1.40. The topological polar surface area (TPSA) is 0 Å². The molecule has 2 aliphatic carbocycles. The smallest absolute Gasteiger partial charge is 0.0998 e. The lowest BCUT2D eigenvalue weighted by Crippen LogP contribution is -2.11. The van der Waals surface area contributed by atoms with Gasteiger partial charge in [-0.25, -0.2) is 0 Å². The van der Waals surface area contributed by atoms with E-state index >= 15 is 0 Å². The zero-order valence-electron chi connectivity index (χ0n) is 11.7. The Morgan fingerprint density at radius 3 is 2.21 bits per heavy atom. The van der Waals surface area contributed by atoms with Crippen molar-refractivity contribution in [1.29, 1.82) is 0 Å². The van der Waals surface area contributed by atoms with Crippen LogP contribution in [-0.4, -0.2) is 14.2 Å². The summed E-state index contributed by atoms with van der Waals surface area (Å²) in [6.07, 6.45) is 18.0. The predicted octanol–water partition coefficient (Wildman–Crippen LogP) is 5.62. The van der Waals surface area contributed by atoms with Gasteiger partial charge in [0, 0.05) is 0 Å². The molecule has 107 valence electrons. The lowest BCUT2D eigenvalue weighted by atomic mass is 9.88. The monoisotopic (exact) mass is 315 g/mol. The molecule has 2 rings (SSSR count). The molecule has 2 bridgehead atoms. The van der Waals surface area contributed by atoms with Crippen molar-refractivity contribution in [3.63, 3.8) is 0 Å². The van der Waals surface area contributed by atoms with Crippen LogP contribution in [-0.2, 0) is 0 Å². The molecule has 3 atom stereocenters. The van der Waals surface area contributed by atoms with Crippen LogP contribution < -0.4 is 0 Å². The largest absolute Gasteiger partial charge is 0.107 e. The molecule has 3 unspecified atom stereocenters. The molecular formula is C16H25Cl2Si. The first-order valence-corrected chi connectivity index (χ1v) is 9.11. The Morgan fingerprint density at radius 2 is 1.63 bits per heavy atom. The fraction of sp³-hybridized carbons (Fsp3) is 0.875. The number of alkyl halides is 2. The van der Waals surface area contributed by atoms with Gasteiger partial charge in [0.15, 0.2) is 0 Å². The summed E-state index contributed by atoms with van der Waals surface area (Å²) >= 11 is 11.7. The van der Waals surface area contributed by atoms with E-state index in [1.54, 1.807) is 0 Å². The second-order valence-corrected chi connectivity index (χ2v) is 9.38. The summed E-state index contributed by atoms with van der Waals surface area (Å²) < 4.78 is -0.713. The fourth-order valence-corrected chi connectivity index (χ4v) is 4.13. The highest BCUT2D eigenvalue weighted by Gasteiger charge is 2.34. The van der Waals surface area contributed by atoms with Crippen molar-refractivity contribution >= 4 is 33.4 Å². The van der Waals surface area contributed by atoms with E-state index in [0.29, 0.717) is 0 Å². The summed E-state index contributed by atoms with van der Waals surface area (Å²) in [6, 6.07) is 0. The summed E-state index contributed by atoms with van der Waals surface area (Å²) in [5.74, 6) is 2.88. The van der Waals surface area contributed by atoms with Crippen molar-refractivity contribution in [2.45, 2.75) is 68.2 Å². The van der Waals surface area contributed by atoms with Gasteiger partial charge in [0.25, 0.3) is 0 Å². The molecule has 0 heterocycles. The van der Waals surface area contributed by atoms with Crippen molar-refractivity contribution in [3.8, 4) is 0 Å². The molecule has 0 aliphatic heterocycles. The molecule has 0 aromatic rings. The number of fused-ring (bicyclic) bond motifs is 2. The Labute approximate surface area is 131 Å². The lowest BCUT2D eigenvalue weighted by Gasteiger charge is -2.17. The minimum absolute atomic E-state index is 0.713. The van der Waals surface area contributed by atoms with Crippen LogP contribution in [0.25, 0.3) is 0 Å². The van der Waals surface area contributed by atoms with Crippen molar-refractivity contribution in [3.05, 3.63) is 12.2 Å². The summed E-state index contributed by atoms with van der Waals surface area (Å²) in [4.78, 5) is 0. The van der Waals surface area contributed by atoms with Gasteiger partial charge in [-0.1, -0.05) is 50.7 Å². The van der Waals surface area contributed by atoms with Crippen molar-refractivity contribution in [2.24, 2.45) is 17.8 Å². The molecule has 19 heavy (non-hydrogen) atoms. The fourth-order valence-electron chi connectivity index (χ4n) is 3.69. The van der Waals surface area contributed by atoms with E-state index in [1.165, 1.54) is 51.4 Å². The molecule has 0 amide bonds. The number of hydrogen-bond acceptors (Lipinski definition) is 0. The van der Waals surface area contributed by atoms with Crippen LogP contribution in [0.4, 0.5) is 0 Å². The van der Waals surface area contributed by atoms with E-state index in [2.05, 4.69) is 22.4 Å². The average Bonchev–Trinajstić information content (AvgIpc) is 2.93. The molecule has 0 aromatic heterocycles. The molecule has 3 radical (unpaired) electrons. The van der Waals surface area contributed by atoms with Crippen LogP contribution in [0.1, 0.15) is 64.2 Å². The quantitative estimate of drug-likeness (QED) is 0.224. The second kappa shape index (κ2) is 7.52. The molecule has 0 spiro atoms. The normalized spacial score (nSPS) is 29.3. The lowest BCUT2D eigenvalue weighted by molar-refractivity contribution is 0.393. The molecular weight excluding hydrogens is 291 g/mol. The van der Waals surface area contributed by atoms with Crippen molar-refractivity contribution in [1.82, 2.24) is 0 Å². The number of rotatable bonds is 9. The van der Waals surface area contributed by atoms with E-state index in [-0.39, 0.29) is 0 Å². The molecule has 2 aliphatic rings. The number of halogens is 2. The van der Waals surface area contributed by atoms with Gasteiger partial charge in [0.05, 0.1) is 14.2 Å². The van der Waals surface area contributed by atoms with E-state index in [1.807, 2.05) is 0 Å². The van der Waals surface area contributed by atoms with Crippen LogP contribution in [0.2, 0.25) is 0 Å². The first-order valence-electron chi connectivity index (χ1n) is 7.86. The summed E-state index contributed by atoms with van der Waals surface area (Å²) in [5.41, 5.74) is 0. The highest BCUT2D eigenvalue weighted by atomic mass is 35.5. The van der Waals surface area contributed by atoms with E-state index in [9.17, 15) is 0 Å². The Bertz CT molecular complexity index is 296. The summed E-state index contributed by atoms with van der Waals surface area (Å²) in [6.45, 7) is 0. The van der Waals surface area contributed by atoms with E-state index in [4.69, 9.17) is 23.2 Å². The highest BCUT2D eigenvalue weighted by Crippen LogP contribution is 2.45. The van der Waals surface area contributed by atoms with Crippen LogP contribution in [0.15, 0.2) is 12.2 Å². The van der Waals surface area contributed by atoms with Gasteiger partial charge in [-0.3, -0.25) is 0 Å². The first kappa shape index (κ1) is 15.9. The molecule has 1 saturated carbocycles. The summed E-state index contributed by atoms with van der Waals surface area (Å²) in [5, 5.41) is 0. The van der Waals surface area contributed by atoms with Gasteiger partial charge in [-0.15, -0.1) is 23.2 Å². The zero-order valence-corrected chi connectivity index (χ0v) is 14.2. The Kier molecular flexibility index (Phi) is 6.30. The number of hydrogen-bond donors (Lipinski definition) is 0. The van der Waals surface area contributed by atoms with Crippen LogP contribution in [0.3, 0.4) is 0 Å². The Hall–Kier alpha value is 0.537. The highest BCUT2D eigenvalue weighted by molar-refractivity contribution is 6.65. The summed E-state index contributed by atoms with van der Waals surface area (Å²) in [7, 11) is 3.30. The van der Waals surface area contributed by atoms with Gasteiger partial charge in [0.2, 0.25) is 0 Å². The van der Waals surface area contributed by atoms with E-state index < -0.39 is 3.96 Å². The molecule has 1 fully saturated rings. The third-order valence-electron chi connectivity index (χ3n) is 4.73. The van der Waals surface area contributed by atoms with E-state index in [0.717, 1.165) is 30.6 Å². The number of allylic oxidation sites excluding steroid dienone is 2. The van der Waals surface area contributed by atoms with Gasteiger partial charge in [0.1, 0.15) is 0 Å². The first-order chi connectivity index (χ1) is 9.04. The van der Waals surface area contributed by atoms with Gasteiger partial charge < -0.3 is 0 Å². The zero-order chi connectivity index (χ0) is 13.7. The number of unbranched alkanes of at least 4 members (excludes halogenated alkanes) is 5. The Morgan fingerprint density at radius 1 is 0.947 bits per heavy atom. The van der Waals surface area contributed by atoms with Crippen molar-refractivity contribution in [2.75, 3.05) is 0 Å². The second-order valence-electron chi connectivity index (χ2n) is 6.40. The molecule has 0 aromatic carbocycles.